The van der Waals surface area contributed by atoms with Crippen molar-refractivity contribution in [2.45, 2.75) is 38.6 Å². The number of amides is 2. The van der Waals surface area contributed by atoms with Gasteiger partial charge in [0.2, 0.25) is 11.8 Å². The van der Waals surface area contributed by atoms with Gasteiger partial charge >= 0.3 is 0 Å². The van der Waals surface area contributed by atoms with E-state index in [2.05, 4.69) is 10.3 Å². The Kier molecular flexibility index (Phi) is 5.23. The van der Waals surface area contributed by atoms with Crippen LogP contribution in [0.2, 0.25) is 5.02 Å². The normalized spacial score (nSPS) is 23.9. The standard InChI is InChI=1S/C17H22ClN3O3/c1-2-24-16-13(18)7-12(10-20-16)17(23)21-6-4-3-5-14(21)11-8-15(22)19-9-11/h7,10-11,14H,2-6,8-9H2,1H3,(H,19,22). The van der Waals surface area contributed by atoms with Gasteiger partial charge in [0.15, 0.2) is 0 Å². The van der Waals surface area contributed by atoms with Crippen LogP contribution in [0.15, 0.2) is 12.3 Å². The van der Waals surface area contributed by atoms with E-state index in [1.165, 1.54) is 6.20 Å². The quantitative estimate of drug-likeness (QED) is 0.903. The van der Waals surface area contributed by atoms with Crippen molar-refractivity contribution >= 4 is 23.4 Å². The van der Waals surface area contributed by atoms with Gasteiger partial charge in [-0.1, -0.05) is 11.6 Å². The predicted octanol–water partition coefficient (Wildman–Crippen LogP) is 2.26. The van der Waals surface area contributed by atoms with Gasteiger partial charge in [-0.3, -0.25) is 9.59 Å². The summed E-state index contributed by atoms with van der Waals surface area (Å²) in [5.74, 6) is 0.532. The minimum absolute atomic E-state index is 0.0727. The molecule has 2 amide bonds. The molecule has 1 N–H and O–H groups in total. The van der Waals surface area contributed by atoms with Crippen molar-refractivity contribution in [2.75, 3.05) is 19.7 Å². The molecular formula is C17H22ClN3O3. The molecule has 130 valence electrons. The van der Waals surface area contributed by atoms with Crippen LogP contribution in [0, 0.1) is 5.92 Å². The number of hydrogen-bond acceptors (Lipinski definition) is 4. The second-order valence-corrected chi connectivity index (χ2v) is 6.68. The highest BCUT2D eigenvalue weighted by Gasteiger charge is 2.37. The van der Waals surface area contributed by atoms with E-state index in [-0.39, 0.29) is 23.8 Å². The van der Waals surface area contributed by atoms with Crippen molar-refractivity contribution in [3.63, 3.8) is 0 Å². The van der Waals surface area contributed by atoms with Gasteiger partial charge in [0, 0.05) is 37.7 Å². The molecule has 24 heavy (non-hydrogen) atoms. The number of nitrogens with one attached hydrogen (secondary N) is 1. The van der Waals surface area contributed by atoms with E-state index in [0.717, 1.165) is 19.3 Å². The monoisotopic (exact) mass is 351 g/mol. The number of rotatable bonds is 4. The maximum Gasteiger partial charge on any atom is 0.255 e. The summed E-state index contributed by atoms with van der Waals surface area (Å²) in [4.78, 5) is 30.5. The minimum Gasteiger partial charge on any atom is -0.477 e. The molecule has 0 spiro atoms. The molecule has 2 fully saturated rings. The SMILES string of the molecule is CCOc1ncc(C(=O)N2CCCCC2C2CNC(=O)C2)cc1Cl. The van der Waals surface area contributed by atoms with Gasteiger partial charge in [-0.25, -0.2) is 4.98 Å². The Morgan fingerprint density at radius 2 is 2.33 bits per heavy atom. The Hall–Kier alpha value is -1.82. The van der Waals surface area contributed by atoms with Gasteiger partial charge in [-0.05, 0) is 32.3 Å². The summed E-state index contributed by atoms with van der Waals surface area (Å²) >= 11 is 6.16. The lowest BCUT2D eigenvalue weighted by Crippen LogP contribution is -2.48. The molecule has 2 aliphatic rings. The highest BCUT2D eigenvalue weighted by Crippen LogP contribution is 2.30. The van der Waals surface area contributed by atoms with E-state index in [9.17, 15) is 9.59 Å². The molecule has 0 aromatic carbocycles. The second-order valence-electron chi connectivity index (χ2n) is 6.27. The fourth-order valence-corrected chi connectivity index (χ4v) is 3.77. The summed E-state index contributed by atoms with van der Waals surface area (Å²) in [6.07, 6.45) is 5.01. The summed E-state index contributed by atoms with van der Waals surface area (Å²) < 4.78 is 5.32. The van der Waals surface area contributed by atoms with Gasteiger partial charge in [0.05, 0.1) is 12.2 Å². The van der Waals surface area contributed by atoms with Gasteiger partial charge in [-0.2, -0.15) is 0 Å². The van der Waals surface area contributed by atoms with Gasteiger partial charge in [0.25, 0.3) is 5.91 Å². The van der Waals surface area contributed by atoms with Crippen molar-refractivity contribution in [3.8, 4) is 5.88 Å². The lowest BCUT2D eigenvalue weighted by molar-refractivity contribution is -0.119. The number of pyridine rings is 1. The summed E-state index contributed by atoms with van der Waals surface area (Å²) in [6, 6.07) is 1.71. The van der Waals surface area contributed by atoms with Gasteiger partial charge in [-0.15, -0.1) is 0 Å². The molecule has 0 saturated carbocycles. The molecule has 2 unspecified atom stereocenters. The molecule has 6 nitrogen and oxygen atoms in total. The molecule has 2 saturated heterocycles. The summed E-state index contributed by atoms with van der Waals surface area (Å²) in [5.41, 5.74) is 0.465. The zero-order chi connectivity index (χ0) is 17.1. The van der Waals surface area contributed by atoms with Gasteiger partial charge in [0.1, 0.15) is 5.02 Å². The van der Waals surface area contributed by atoms with Crippen LogP contribution in [0.1, 0.15) is 43.0 Å². The Morgan fingerprint density at radius 1 is 1.50 bits per heavy atom. The van der Waals surface area contributed by atoms with E-state index in [4.69, 9.17) is 16.3 Å². The molecule has 1 aromatic rings. The third kappa shape index (κ3) is 3.48. The van der Waals surface area contributed by atoms with Crippen LogP contribution >= 0.6 is 11.6 Å². The topological polar surface area (TPSA) is 71.5 Å². The van der Waals surface area contributed by atoms with Crippen molar-refractivity contribution in [1.29, 1.82) is 0 Å². The van der Waals surface area contributed by atoms with Crippen LogP contribution in [0.3, 0.4) is 0 Å². The maximum atomic E-state index is 13.0. The third-order valence-corrected chi connectivity index (χ3v) is 4.97. The Labute approximate surface area is 146 Å². The number of likely N-dealkylation sites (tertiary alicyclic amines) is 1. The van der Waals surface area contributed by atoms with E-state index >= 15 is 0 Å². The van der Waals surface area contributed by atoms with Crippen molar-refractivity contribution < 1.29 is 14.3 Å². The first-order valence-corrected chi connectivity index (χ1v) is 8.84. The lowest BCUT2D eigenvalue weighted by Gasteiger charge is -2.38. The van der Waals surface area contributed by atoms with E-state index in [1.54, 1.807) is 6.07 Å². The zero-order valence-corrected chi connectivity index (χ0v) is 14.5. The molecule has 3 rings (SSSR count). The second kappa shape index (κ2) is 7.38. The van der Waals surface area contributed by atoms with Crippen LogP contribution in [0.4, 0.5) is 0 Å². The highest BCUT2D eigenvalue weighted by molar-refractivity contribution is 6.32. The maximum absolute atomic E-state index is 13.0. The lowest BCUT2D eigenvalue weighted by atomic mass is 9.89. The average molecular weight is 352 g/mol. The average Bonchev–Trinajstić information content (AvgIpc) is 3.02. The van der Waals surface area contributed by atoms with E-state index in [1.807, 2.05) is 11.8 Å². The molecule has 2 atom stereocenters. The van der Waals surface area contributed by atoms with Crippen LogP contribution in [0.25, 0.3) is 0 Å². The molecule has 0 radical (unpaired) electrons. The van der Waals surface area contributed by atoms with Crippen molar-refractivity contribution in [1.82, 2.24) is 15.2 Å². The highest BCUT2D eigenvalue weighted by atomic mass is 35.5. The van der Waals surface area contributed by atoms with Crippen LogP contribution in [0.5, 0.6) is 5.88 Å². The Bertz CT molecular complexity index is 638. The first-order chi connectivity index (χ1) is 11.6. The van der Waals surface area contributed by atoms with Crippen molar-refractivity contribution in [2.24, 2.45) is 5.92 Å². The first-order valence-electron chi connectivity index (χ1n) is 8.46. The van der Waals surface area contributed by atoms with Crippen LogP contribution < -0.4 is 10.1 Å². The van der Waals surface area contributed by atoms with E-state index in [0.29, 0.717) is 42.6 Å². The molecule has 2 aliphatic heterocycles. The number of hydrogen-bond donors (Lipinski definition) is 1. The number of nitrogens with zero attached hydrogens (tertiary/aromatic N) is 2. The predicted molar refractivity (Wildman–Crippen MR) is 90.2 cm³/mol. The minimum atomic E-state index is -0.0727. The van der Waals surface area contributed by atoms with Crippen molar-refractivity contribution in [3.05, 3.63) is 22.8 Å². The number of halogens is 1. The number of carbonyl (C=O) groups is 2. The molecular weight excluding hydrogens is 330 g/mol. The molecule has 0 aliphatic carbocycles. The Morgan fingerprint density at radius 3 is 3.00 bits per heavy atom. The van der Waals surface area contributed by atoms with Crippen LogP contribution in [-0.4, -0.2) is 47.4 Å². The molecule has 1 aromatic heterocycles. The summed E-state index contributed by atoms with van der Waals surface area (Å²) in [7, 11) is 0. The smallest absolute Gasteiger partial charge is 0.255 e. The molecule has 0 bridgehead atoms. The Balaban J connectivity index is 1.78. The number of piperidine rings is 1. The first kappa shape index (κ1) is 17.0. The largest absolute Gasteiger partial charge is 0.477 e. The van der Waals surface area contributed by atoms with Gasteiger partial charge < -0.3 is 15.0 Å². The molecule has 3 heterocycles. The molecule has 7 heteroatoms. The summed E-state index contributed by atoms with van der Waals surface area (Å²) in [6.45, 7) is 3.68. The zero-order valence-electron chi connectivity index (χ0n) is 13.8. The fraction of sp³-hybridized carbons (Fsp3) is 0.588. The fourth-order valence-electron chi connectivity index (χ4n) is 3.55. The van der Waals surface area contributed by atoms with Crippen LogP contribution in [-0.2, 0) is 4.79 Å². The number of aromatic nitrogens is 1. The summed E-state index contributed by atoms with van der Waals surface area (Å²) in [5, 5.41) is 3.21. The number of ether oxygens (including phenoxy) is 1. The third-order valence-electron chi connectivity index (χ3n) is 4.70. The van der Waals surface area contributed by atoms with E-state index < -0.39 is 0 Å². The number of carbonyl (C=O) groups excluding carboxylic acids is 2.